The molecule has 1 fully saturated rings. The van der Waals surface area contributed by atoms with Gasteiger partial charge in [0, 0.05) is 31.4 Å². The van der Waals surface area contributed by atoms with Crippen LogP contribution in [0.5, 0.6) is 0 Å². The topological polar surface area (TPSA) is 29.5 Å². The number of ether oxygens (including phenoxy) is 1. The lowest BCUT2D eigenvalue weighted by molar-refractivity contribution is -0.126. The first-order chi connectivity index (χ1) is 7.11. The van der Waals surface area contributed by atoms with Gasteiger partial charge in [-0.25, -0.2) is 0 Å². The zero-order valence-electron chi connectivity index (χ0n) is 8.74. The molecule has 1 saturated carbocycles. The molecule has 3 heteroatoms. The summed E-state index contributed by atoms with van der Waals surface area (Å²) in [4.78, 5) is 0. The maximum Gasteiger partial charge on any atom is 0.0737 e. The number of hydrogen-bond acceptors (Lipinski definition) is 2. The highest BCUT2D eigenvalue weighted by Gasteiger charge is 2.42. The first kappa shape index (κ1) is 10.9. The van der Waals surface area contributed by atoms with E-state index in [1.807, 2.05) is 24.3 Å². The predicted octanol–water partition coefficient (Wildman–Crippen LogP) is 2.42. The average molecular weight is 227 g/mol. The van der Waals surface area contributed by atoms with Gasteiger partial charge in [0.25, 0.3) is 0 Å². The van der Waals surface area contributed by atoms with Crippen LogP contribution in [0, 0.1) is 0 Å². The van der Waals surface area contributed by atoms with Gasteiger partial charge in [0.05, 0.1) is 11.7 Å². The first-order valence-corrected chi connectivity index (χ1v) is 5.49. The summed E-state index contributed by atoms with van der Waals surface area (Å²) in [7, 11) is 1.69. The van der Waals surface area contributed by atoms with Crippen molar-refractivity contribution in [3.63, 3.8) is 0 Å². The fourth-order valence-electron chi connectivity index (χ4n) is 2.08. The summed E-state index contributed by atoms with van der Waals surface area (Å²) in [6.45, 7) is 0. The molecule has 0 saturated heterocycles. The van der Waals surface area contributed by atoms with Gasteiger partial charge in [-0.15, -0.1) is 0 Å². The van der Waals surface area contributed by atoms with E-state index in [1.165, 1.54) is 0 Å². The van der Waals surface area contributed by atoms with Crippen LogP contribution in [0.3, 0.4) is 0 Å². The van der Waals surface area contributed by atoms with E-state index in [2.05, 4.69) is 0 Å². The molecule has 2 nitrogen and oxygen atoms in total. The summed E-state index contributed by atoms with van der Waals surface area (Å²) in [5.74, 6) is 0. The largest absolute Gasteiger partial charge is 0.389 e. The summed E-state index contributed by atoms with van der Waals surface area (Å²) < 4.78 is 5.16. The lowest BCUT2D eigenvalue weighted by Crippen LogP contribution is -2.49. The number of hydrogen-bond donors (Lipinski definition) is 1. The van der Waals surface area contributed by atoms with Crippen molar-refractivity contribution in [2.45, 2.75) is 31.0 Å². The first-order valence-electron chi connectivity index (χ1n) is 5.11. The van der Waals surface area contributed by atoms with Crippen LogP contribution in [-0.4, -0.2) is 23.9 Å². The minimum atomic E-state index is -0.575. The number of aliphatic hydroxyl groups is 1. The molecule has 0 radical (unpaired) electrons. The Morgan fingerprint density at radius 3 is 2.53 bits per heavy atom. The van der Waals surface area contributed by atoms with Gasteiger partial charge < -0.3 is 9.84 Å². The van der Waals surface area contributed by atoms with Gasteiger partial charge in [-0.2, -0.15) is 0 Å². The minimum absolute atomic E-state index is 0.224. The van der Waals surface area contributed by atoms with Crippen molar-refractivity contribution in [1.82, 2.24) is 0 Å². The van der Waals surface area contributed by atoms with Gasteiger partial charge in [-0.3, -0.25) is 0 Å². The Morgan fingerprint density at radius 2 is 2.00 bits per heavy atom. The third-order valence-electron chi connectivity index (χ3n) is 3.00. The van der Waals surface area contributed by atoms with Crippen LogP contribution in [0.15, 0.2) is 24.3 Å². The Kier molecular flexibility index (Phi) is 3.01. The van der Waals surface area contributed by atoms with E-state index in [1.54, 1.807) is 7.11 Å². The fourth-order valence-corrected chi connectivity index (χ4v) is 2.21. The van der Waals surface area contributed by atoms with Gasteiger partial charge in [0.1, 0.15) is 0 Å². The number of benzene rings is 1. The van der Waals surface area contributed by atoms with Gasteiger partial charge >= 0.3 is 0 Å². The van der Waals surface area contributed by atoms with Crippen LogP contribution < -0.4 is 0 Å². The Hall–Kier alpha value is -0.570. The lowest BCUT2D eigenvalue weighted by Gasteiger charge is -2.42. The Bertz CT molecular complexity index is 328. The van der Waals surface area contributed by atoms with Crippen LogP contribution >= 0.6 is 11.6 Å². The molecule has 1 aromatic carbocycles. The normalized spacial score (nSPS) is 29.9. The maximum atomic E-state index is 10.1. The van der Waals surface area contributed by atoms with E-state index in [4.69, 9.17) is 16.3 Å². The molecule has 0 spiro atoms. The van der Waals surface area contributed by atoms with Crippen LogP contribution in [0.1, 0.15) is 18.4 Å². The molecule has 15 heavy (non-hydrogen) atoms. The van der Waals surface area contributed by atoms with E-state index >= 15 is 0 Å². The summed E-state index contributed by atoms with van der Waals surface area (Å²) in [6.07, 6.45) is 2.37. The number of halogens is 1. The molecule has 0 amide bonds. The SMILES string of the molecule is COC1CC(O)(Cc2ccc(Cl)cc2)C1. The molecule has 0 bridgehead atoms. The zero-order chi connectivity index (χ0) is 10.9. The molecule has 0 heterocycles. The average Bonchev–Trinajstić information content (AvgIpc) is 2.17. The van der Waals surface area contributed by atoms with Gasteiger partial charge in [0.15, 0.2) is 0 Å². The third kappa shape index (κ3) is 2.51. The van der Waals surface area contributed by atoms with Crippen LogP contribution in [0.4, 0.5) is 0 Å². The van der Waals surface area contributed by atoms with Crippen molar-refractivity contribution in [3.05, 3.63) is 34.9 Å². The van der Waals surface area contributed by atoms with E-state index in [0.717, 1.165) is 23.4 Å². The molecule has 1 aliphatic carbocycles. The summed E-state index contributed by atoms with van der Waals surface area (Å²) in [6, 6.07) is 7.63. The van der Waals surface area contributed by atoms with Gasteiger partial charge in [-0.05, 0) is 17.7 Å². The van der Waals surface area contributed by atoms with E-state index < -0.39 is 5.60 Å². The second-order valence-electron chi connectivity index (χ2n) is 4.29. The Balaban J connectivity index is 1.95. The smallest absolute Gasteiger partial charge is 0.0737 e. The maximum absolute atomic E-state index is 10.1. The molecule has 82 valence electrons. The molecule has 0 atom stereocenters. The highest BCUT2D eigenvalue weighted by Crippen LogP contribution is 2.36. The highest BCUT2D eigenvalue weighted by molar-refractivity contribution is 6.30. The van der Waals surface area contributed by atoms with E-state index in [0.29, 0.717) is 6.42 Å². The van der Waals surface area contributed by atoms with Crippen LogP contribution in [0.2, 0.25) is 5.02 Å². The molecule has 1 aromatic rings. The van der Waals surface area contributed by atoms with Crippen molar-refractivity contribution in [2.75, 3.05) is 7.11 Å². The Morgan fingerprint density at radius 1 is 1.40 bits per heavy atom. The quantitative estimate of drug-likeness (QED) is 0.858. The Labute approximate surface area is 94.8 Å². The summed E-state index contributed by atoms with van der Waals surface area (Å²) in [5, 5.41) is 10.9. The zero-order valence-corrected chi connectivity index (χ0v) is 9.50. The molecule has 1 N–H and O–H groups in total. The highest BCUT2D eigenvalue weighted by atomic mass is 35.5. The van der Waals surface area contributed by atoms with Crippen molar-refractivity contribution in [3.8, 4) is 0 Å². The standard InChI is InChI=1S/C12H15ClO2/c1-15-11-7-12(14,8-11)6-9-2-4-10(13)5-3-9/h2-5,11,14H,6-8H2,1H3. The molecule has 2 rings (SSSR count). The molecule has 1 aliphatic rings. The van der Waals surface area contributed by atoms with Crippen molar-refractivity contribution in [1.29, 1.82) is 0 Å². The third-order valence-corrected chi connectivity index (χ3v) is 3.25. The summed E-state index contributed by atoms with van der Waals surface area (Å²) in [5.41, 5.74) is 0.547. The van der Waals surface area contributed by atoms with Crippen LogP contribution in [-0.2, 0) is 11.2 Å². The van der Waals surface area contributed by atoms with Gasteiger partial charge in [-0.1, -0.05) is 23.7 Å². The number of methoxy groups -OCH3 is 1. The summed E-state index contributed by atoms with van der Waals surface area (Å²) >= 11 is 5.79. The second-order valence-corrected chi connectivity index (χ2v) is 4.73. The van der Waals surface area contributed by atoms with Crippen molar-refractivity contribution < 1.29 is 9.84 Å². The van der Waals surface area contributed by atoms with Crippen LogP contribution in [0.25, 0.3) is 0 Å². The van der Waals surface area contributed by atoms with E-state index in [-0.39, 0.29) is 6.10 Å². The van der Waals surface area contributed by atoms with E-state index in [9.17, 15) is 5.11 Å². The molecular formula is C12H15ClO2. The predicted molar refractivity (Wildman–Crippen MR) is 60.1 cm³/mol. The van der Waals surface area contributed by atoms with Crippen molar-refractivity contribution >= 4 is 11.6 Å². The molecule has 0 aliphatic heterocycles. The monoisotopic (exact) mass is 226 g/mol. The second kappa shape index (κ2) is 4.12. The number of rotatable bonds is 3. The van der Waals surface area contributed by atoms with Gasteiger partial charge in [0.2, 0.25) is 0 Å². The molecular weight excluding hydrogens is 212 g/mol. The molecule has 0 aromatic heterocycles. The fraction of sp³-hybridized carbons (Fsp3) is 0.500. The minimum Gasteiger partial charge on any atom is -0.389 e. The van der Waals surface area contributed by atoms with Crippen molar-refractivity contribution in [2.24, 2.45) is 0 Å². The lowest BCUT2D eigenvalue weighted by atomic mass is 9.74. The molecule has 0 unspecified atom stereocenters.